The van der Waals surface area contributed by atoms with Gasteiger partial charge in [-0.3, -0.25) is 19.3 Å². The third-order valence-electron chi connectivity index (χ3n) is 4.05. The number of aromatic nitrogens is 2. The Labute approximate surface area is 166 Å². The molecular formula is C15H12N4O3S4. The number of thiophene rings is 1. The van der Waals surface area contributed by atoms with E-state index >= 15 is 0 Å². The third-order valence-corrected chi connectivity index (χ3v) is 7.03. The van der Waals surface area contributed by atoms with E-state index in [9.17, 15) is 14.4 Å². The van der Waals surface area contributed by atoms with Crippen LogP contribution in [-0.4, -0.2) is 49.2 Å². The molecule has 26 heavy (non-hydrogen) atoms. The van der Waals surface area contributed by atoms with Crippen LogP contribution < -0.4 is 5.32 Å². The summed E-state index contributed by atoms with van der Waals surface area (Å²) in [5, 5.41) is 14.2. The fraction of sp³-hybridized carbons (Fsp3) is 0.267. The summed E-state index contributed by atoms with van der Waals surface area (Å²) < 4.78 is 0. The number of carbonyl (C=O) groups excluding carboxylic acids is 3. The Bertz CT molecular complexity index is 894. The zero-order valence-corrected chi connectivity index (χ0v) is 16.5. The topological polar surface area (TPSA) is 92.3 Å². The number of nitrogens with one attached hydrogen (secondary N) is 1. The Hall–Kier alpha value is -1.69. The summed E-state index contributed by atoms with van der Waals surface area (Å²) in [6, 6.07) is 1.24. The molecule has 0 unspecified atom stereocenters. The molecule has 2 aromatic heterocycles. The molecule has 1 N–H and O–H groups in total. The Morgan fingerprint density at radius 3 is 2.92 bits per heavy atom. The second-order valence-corrected chi connectivity index (χ2v) is 8.76. The third kappa shape index (κ3) is 3.08. The number of thiol groups is 1. The van der Waals surface area contributed by atoms with Crippen molar-refractivity contribution in [2.24, 2.45) is 0 Å². The molecule has 2 aromatic rings. The highest BCUT2D eigenvalue weighted by atomic mass is 32.2. The average Bonchev–Trinajstić information content (AvgIpc) is 3.32. The predicted molar refractivity (Wildman–Crippen MR) is 104 cm³/mol. The van der Waals surface area contributed by atoms with Crippen molar-refractivity contribution in [2.75, 3.05) is 5.75 Å². The summed E-state index contributed by atoms with van der Waals surface area (Å²) in [4.78, 5) is 38.3. The van der Waals surface area contributed by atoms with Gasteiger partial charge in [-0.05, 0) is 22.4 Å². The van der Waals surface area contributed by atoms with E-state index in [0.29, 0.717) is 16.3 Å². The monoisotopic (exact) mass is 424 g/mol. The van der Waals surface area contributed by atoms with Crippen molar-refractivity contribution in [3.63, 3.8) is 0 Å². The Morgan fingerprint density at radius 1 is 1.42 bits per heavy atom. The van der Waals surface area contributed by atoms with Gasteiger partial charge in [0.25, 0.3) is 5.91 Å². The van der Waals surface area contributed by atoms with Crippen LogP contribution in [0.2, 0.25) is 0 Å². The van der Waals surface area contributed by atoms with Gasteiger partial charge in [-0.15, -0.1) is 33.3 Å². The standard InChI is InChI=1S/C15H12N4O3S4/c20-9(3-7-1-2-24-4-7)17-10-13(21)19-11(15(22)23)8(5-25-14(10)19)12-18-16-6-26-12/h1-2,4,6,10,14H,3,5H2,(H,17,20)(H,22,23)/t10-,14-/m1/s1. The van der Waals surface area contributed by atoms with Crippen LogP contribution in [-0.2, 0) is 20.8 Å². The van der Waals surface area contributed by atoms with Gasteiger partial charge >= 0.3 is 0 Å². The van der Waals surface area contributed by atoms with Crippen molar-refractivity contribution in [1.29, 1.82) is 0 Å². The first-order valence-electron chi connectivity index (χ1n) is 7.54. The number of thioether (sulfide) groups is 1. The highest BCUT2D eigenvalue weighted by Gasteiger charge is 2.54. The highest BCUT2D eigenvalue weighted by Crippen LogP contribution is 2.43. The first-order valence-corrected chi connectivity index (χ1v) is 10.9. The van der Waals surface area contributed by atoms with Gasteiger partial charge in [0.2, 0.25) is 11.0 Å². The fourth-order valence-corrected chi connectivity index (χ4v) is 5.84. The lowest BCUT2D eigenvalue weighted by Crippen LogP contribution is -2.70. The summed E-state index contributed by atoms with van der Waals surface area (Å²) in [5.41, 5.74) is 3.38. The molecule has 2 atom stereocenters. The Kier molecular flexibility index (Phi) is 4.86. The molecule has 1 fully saturated rings. The van der Waals surface area contributed by atoms with Crippen LogP contribution in [0.4, 0.5) is 0 Å². The smallest absolute Gasteiger partial charge is 0.253 e. The summed E-state index contributed by atoms with van der Waals surface area (Å²) in [6.45, 7) is 0. The quantitative estimate of drug-likeness (QED) is 0.557. The Morgan fingerprint density at radius 2 is 2.27 bits per heavy atom. The van der Waals surface area contributed by atoms with Gasteiger partial charge in [-0.25, -0.2) is 0 Å². The molecule has 2 amide bonds. The van der Waals surface area contributed by atoms with Gasteiger partial charge < -0.3 is 5.32 Å². The molecule has 0 bridgehead atoms. The molecule has 2 aliphatic rings. The maximum Gasteiger partial charge on any atom is 0.253 e. The lowest BCUT2D eigenvalue weighted by atomic mass is 10.0. The summed E-state index contributed by atoms with van der Waals surface area (Å²) in [6.07, 6.45) is 0.231. The van der Waals surface area contributed by atoms with E-state index in [-0.39, 0.29) is 29.3 Å². The number of amides is 2. The summed E-state index contributed by atoms with van der Waals surface area (Å²) in [5.74, 6) is -0.0118. The molecule has 0 aliphatic carbocycles. The average molecular weight is 425 g/mol. The molecule has 0 radical (unpaired) electrons. The van der Waals surface area contributed by atoms with Crippen molar-refractivity contribution in [3.8, 4) is 0 Å². The molecular weight excluding hydrogens is 412 g/mol. The van der Waals surface area contributed by atoms with Gasteiger partial charge in [-0.1, -0.05) is 12.6 Å². The largest absolute Gasteiger partial charge is 0.341 e. The van der Waals surface area contributed by atoms with E-state index in [0.717, 1.165) is 5.56 Å². The maximum atomic E-state index is 12.6. The van der Waals surface area contributed by atoms with Crippen LogP contribution in [0.15, 0.2) is 28.0 Å². The highest BCUT2D eigenvalue weighted by molar-refractivity contribution is 8.00. The van der Waals surface area contributed by atoms with Crippen LogP contribution in [0, 0.1) is 0 Å². The molecule has 4 heterocycles. The van der Waals surface area contributed by atoms with Gasteiger partial charge in [-0.2, -0.15) is 11.3 Å². The van der Waals surface area contributed by atoms with Gasteiger partial charge in [0, 0.05) is 11.3 Å². The number of rotatable bonds is 5. The first kappa shape index (κ1) is 17.7. The van der Waals surface area contributed by atoms with Crippen LogP contribution >= 0.6 is 47.1 Å². The minimum Gasteiger partial charge on any atom is -0.341 e. The van der Waals surface area contributed by atoms with Gasteiger partial charge in [0.05, 0.1) is 6.42 Å². The molecule has 0 aromatic carbocycles. The van der Waals surface area contributed by atoms with Crippen LogP contribution in [0.1, 0.15) is 10.6 Å². The van der Waals surface area contributed by atoms with Crippen LogP contribution in [0.5, 0.6) is 0 Å². The maximum absolute atomic E-state index is 12.6. The fourth-order valence-electron chi connectivity index (χ4n) is 2.89. The second-order valence-electron chi connectivity index (χ2n) is 5.64. The van der Waals surface area contributed by atoms with Crippen LogP contribution in [0.3, 0.4) is 0 Å². The number of hydrogen-bond donors (Lipinski definition) is 2. The van der Waals surface area contributed by atoms with E-state index in [2.05, 4.69) is 28.1 Å². The van der Waals surface area contributed by atoms with Crippen molar-refractivity contribution < 1.29 is 14.4 Å². The number of nitrogens with zero attached hydrogens (tertiary/aromatic N) is 3. The van der Waals surface area contributed by atoms with E-state index in [4.69, 9.17) is 0 Å². The number of carbonyl (C=O) groups is 3. The molecule has 2 aliphatic heterocycles. The van der Waals surface area contributed by atoms with E-state index in [1.165, 1.54) is 39.3 Å². The van der Waals surface area contributed by atoms with Crippen molar-refractivity contribution >= 4 is 69.6 Å². The minimum atomic E-state index is -0.634. The molecule has 0 saturated carbocycles. The van der Waals surface area contributed by atoms with Crippen LogP contribution in [0.25, 0.3) is 5.57 Å². The number of fused-ring (bicyclic) bond motifs is 1. The van der Waals surface area contributed by atoms with E-state index < -0.39 is 11.2 Å². The molecule has 1 saturated heterocycles. The lowest BCUT2D eigenvalue weighted by Gasteiger charge is -2.49. The zero-order chi connectivity index (χ0) is 18.3. The number of hydrogen-bond acceptors (Lipinski definition) is 8. The SMILES string of the molecule is O=C(Cc1ccsc1)N[C@@H]1C(=O)N2C(C(=O)S)=C(c3nncs3)CS[C@H]12. The molecule has 0 spiro atoms. The normalized spacial score (nSPS) is 22.0. The molecule has 134 valence electrons. The van der Waals surface area contributed by atoms with E-state index in [1.54, 1.807) is 5.51 Å². The summed E-state index contributed by atoms with van der Waals surface area (Å²) in [7, 11) is 0. The Balaban J connectivity index is 1.52. The van der Waals surface area contributed by atoms with Crippen molar-refractivity contribution in [2.45, 2.75) is 17.8 Å². The predicted octanol–water partition coefficient (Wildman–Crippen LogP) is 1.41. The molecule has 4 rings (SSSR count). The number of β-lactam (4-membered cyclic amide) rings is 1. The minimum absolute atomic E-state index is 0.209. The summed E-state index contributed by atoms with van der Waals surface area (Å²) >= 11 is 8.25. The van der Waals surface area contributed by atoms with E-state index in [1.807, 2.05) is 16.8 Å². The van der Waals surface area contributed by atoms with Gasteiger partial charge in [0.15, 0.2) is 0 Å². The van der Waals surface area contributed by atoms with Crippen molar-refractivity contribution in [3.05, 3.63) is 38.6 Å². The zero-order valence-electron chi connectivity index (χ0n) is 13.1. The second kappa shape index (κ2) is 7.14. The molecule has 7 nitrogen and oxygen atoms in total. The van der Waals surface area contributed by atoms with Gasteiger partial charge in [0.1, 0.15) is 27.6 Å². The molecule has 11 heteroatoms. The lowest BCUT2D eigenvalue weighted by molar-refractivity contribution is -0.146. The first-order chi connectivity index (χ1) is 12.6. The van der Waals surface area contributed by atoms with Crippen molar-refractivity contribution in [1.82, 2.24) is 20.4 Å².